The Morgan fingerprint density at radius 1 is 1.22 bits per heavy atom. The van der Waals surface area contributed by atoms with E-state index in [0.29, 0.717) is 5.92 Å². The number of rotatable bonds is 4. The highest BCUT2D eigenvalue weighted by Gasteiger charge is 2.18. The standard InChI is InChI=1S/C21H24O2/c1-15(7-6-8-16(2)14-21(22)23)13-18-12-11-17(3)19-9-4-5-10-20(18)19/h4-10,13-14,17H,11-12H2,1-3H3,(H,22,23)/b8-6+,15-7-,16-14+,18-13+. The van der Waals surface area contributed by atoms with Crippen LogP contribution in [0.4, 0.5) is 0 Å². The molecule has 2 heteroatoms. The fourth-order valence-corrected chi connectivity index (χ4v) is 2.95. The summed E-state index contributed by atoms with van der Waals surface area (Å²) in [6.07, 6.45) is 11.5. The van der Waals surface area contributed by atoms with Crippen molar-refractivity contribution in [1.29, 1.82) is 0 Å². The van der Waals surface area contributed by atoms with Crippen molar-refractivity contribution in [3.63, 3.8) is 0 Å². The number of fused-ring (bicyclic) bond motifs is 1. The van der Waals surface area contributed by atoms with Crippen molar-refractivity contribution >= 4 is 11.5 Å². The Morgan fingerprint density at radius 2 is 1.96 bits per heavy atom. The molecule has 1 atom stereocenters. The van der Waals surface area contributed by atoms with Gasteiger partial charge >= 0.3 is 5.97 Å². The van der Waals surface area contributed by atoms with Crippen LogP contribution in [0.25, 0.3) is 5.57 Å². The van der Waals surface area contributed by atoms with Crippen molar-refractivity contribution in [1.82, 2.24) is 0 Å². The van der Waals surface area contributed by atoms with E-state index in [2.05, 4.69) is 44.2 Å². The summed E-state index contributed by atoms with van der Waals surface area (Å²) >= 11 is 0. The summed E-state index contributed by atoms with van der Waals surface area (Å²) in [6.45, 7) is 6.15. The van der Waals surface area contributed by atoms with Crippen LogP contribution in [0.2, 0.25) is 0 Å². The molecule has 23 heavy (non-hydrogen) atoms. The van der Waals surface area contributed by atoms with Crippen LogP contribution in [0.3, 0.4) is 0 Å². The molecule has 1 aromatic rings. The summed E-state index contributed by atoms with van der Waals surface area (Å²) in [4.78, 5) is 10.6. The molecule has 0 spiro atoms. The fraction of sp³-hybridized carbons (Fsp3) is 0.286. The van der Waals surface area contributed by atoms with Crippen molar-refractivity contribution in [2.45, 2.75) is 39.5 Å². The number of benzene rings is 1. The molecular weight excluding hydrogens is 284 g/mol. The molecule has 1 aliphatic carbocycles. The van der Waals surface area contributed by atoms with E-state index in [1.54, 1.807) is 6.92 Å². The first kappa shape index (κ1) is 17.0. The molecule has 0 fully saturated rings. The average Bonchev–Trinajstić information content (AvgIpc) is 2.49. The van der Waals surface area contributed by atoms with Crippen LogP contribution in [-0.4, -0.2) is 11.1 Å². The van der Waals surface area contributed by atoms with E-state index >= 15 is 0 Å². The first-order chi connectivity index (χ1) is 11.0. The Bertz CT molecular complexity index is 702. The molecule has 1 aliphatic rings. The van der Waals surface area contributed by atoms with Crippen LogP contribution in [0.5, 0.6) is 0 Å². The Morgan fingerprint density at radius 3 is 2.70 bits per heavy atom. The van der Waals surface area contributed by atoms with Crippen molar-refractivity contribution in [2.75, 3.05) is 0 Å². The van der Waals surface area contributed by atoms with E-state index in [1.807, 2.05) is 18.2 Å². The van der Waals surface area contributed by atoms with Crippen molar-refractivity contribution in [3.8, 4) is 0 Å². The van der Waals surface area contributed by atoms with Gasteiger partial charge in [-0.3, -0.25) is 0 Å². The molecule has 0 amide bonds. The normalized spacial score (nSPS) is 20.8. The van der Waals surface area contributed by atoms with Crippen molar-refractivity contribution < 1.29 is 9.90 Å². The lowest BCUT2D eigenvalue weighted by Gasteiger charge is -2.24. The lowest BCUT2D eigenvalue weighted by atomic mass is 9.80. The molecule has 0 bridgehead atoms. The van der Waals surface area contributed by atoms with Crippen LogP contribution in [-0.2, 0) is 4.79 Å². The van der Waals surface area contributed by atoms with Gasteiger partial charge in [0.15, 0.2) is 0 Å². The first-order valence-corrected chi connectivity index (χ1v) is 8.03. The molecule has 120 valence electrons. The zero-order chi connectivity index (χ0) is 16.8. The quantitative estimate of drug-likeness (QED) is 0.589. The van der Waals surface area contributed by atoms with E-state index in [9.17, 15) is 4.79 Å². The summed E-state index contributed by atoms with van der Waals surface area (Å²) in [7, 11) is 0. The monoisotopic (exact) mass is 308 g/mol. The third-order valence-electron chi connectivity index (χ3n) is 4.16. The molecule has 1 unspecified atom stereocenters. The zero-order valence-corrected chi connectivity index (χ0v) is 14.0. The highest BCUT2D eigenvalue weighted by atomic mass is 16.4. The van der Waals surface area contributed by atoms with Crippen LogP contribution < -0.4 is 0 Å². The van der Waals surface area contributed by atoms with E-state index in [1.165, 1.54) is 34.8 Å². The minimum Gasteiger partial charge on any atom is -0.478 e. The Kier molecular flexibility index (Phi) is 5.75. The predicted molar refractivity (Wildman–Crippen MR) is 96.4 cm³/mol. The molecule has 2 nitrogen and oxygen atoms in total. The second kappa shape index (κ2) is 7.77. The van der Waals surface area contributed by atoms with Crippen LogP contribution in [0.15, 0.2) is 65.8 Å². The maximum absolute atomic E-state index is 10.6. The summed E-state index contributed by atoms with van der Waals surface area (Å²) in [5.41, 5.74) is 6.09. The topological polar surface area (TPSA) is 37.3 Å². The molecule has 2 rings (SSSR count). The minimum absolute atomic E-state index is 0.622. The maximum atomic E-state index is 10.6. The third-order valence-corrected chi connectivity index (χ3v) is 4.16. The SMILES string of the molecule is CC(=C/C=C/C(C)=C/C(=O)O)/C=C1\CCC(C)c2ccccc21. The third kappa shape index (κ3) is 4.82. The number of hydrogen-bond acceptors (Lipinski definition) is 1. The summed E-state index contributed by atoms with van der Waals surface area (Å²) < 4.78 is 0. The summed E-state index contributed by atoms with van der Waals surface area (Å²) in [5.74, 6) is -0.292. The largest absolute Gasteiger partial charge is 0.478 e. The first-order valence-electron chi connectivity index (χ1n) is 8.03. The Labute approximate surface area is 138 Å². The molecule has 0 radical (unpaired) electrons. The lowest BCUT2D eigenvalue weighted by molar-refractivity contribution is -0.131. The van der Waals surface area contributed by atoms with Gasteiger partial charge in [0.05, 0.1) is 0 Å². The van der Waals surface area contributed by atoms with Crippen LogP contribution in [0, 0.1) is 0 Å². The number of carboxylic acids is 1. The Hall–Kier alpha value is -2.35. The number of hydrogen-bond donors (Lipinski definition) is 1. The summed E-state index contributed by atoms with van der Waals surface area (Å²) in [5, 5.41) is 8.69. The minimum atomic E-state index is -0.914. The van der Waals surface area contributed by atoms with E-state index in [0.717, 1.165) is 12.0 Å². The molecule has 0 aromatic heterocycles. The van der Waals surface area contributed by atoms with E-state index in [4.69, 9.17) is 5.11 Å². The maximum Gasteiger partial charge on any atom is 0.328 e. The number of allylic oxidation sites excluding steroid dienone is 7. The van der Waals surface area contributed by atoms with Gasteiger partial charge in [0.1, 0.15) is 0 Å². The smallest absolute Gasteiger partial charge is 0.328 e. The second-order valence-corrected chi connectivity index (χ2v) is 6.19. The molecule has 0 aliphatic heterocycles. The van der Waals surface area contributed by atoms with Gasteiger partial charge in [-0.2, -0.15) is 0 Å². The van der Waals surface area contributed by atoms with Gasteiger partial charge in [-0.15, -0.1) is 0 Å². The van der Waals surface area contributed by atoms with Gasteiger partial charge in [-0.25, -0.2) is 4.79 Å². The Balaban J connectivity index is 2.19. The van der Waals surface area contributed by atoms with Crippen LogP contribution in [0.1, 0.15) is 50.7 Å². The van der Waals surface area contributed by atoms with Crippen molar-refractivity contribution in [3.05, 3.63) is 76.9 Å². The molecule has 0 saturated carbocycles. The molecular formula is C21H24O2. The highest BCUT2D eigenvalue weighted by Crippen LogP contribution is 2.38. The second-order valence-electron chi connectivity index (χ2n) is 6.19. The van der Waals surface area contributed by atoms with E-state index in [-0.39, 0.29) is 0 Å². The van der Waals surface area contributed by atoms with Crippen molar-refractivity contribution in [2.24, 2.45) is 0 Å². The van der Waals surface area contributed by atoms with E-state index < -0.39 is 5.97 Å². The van der Waals surface area contributed by atoms with Gasteiger partial charge in [-0.1, -0.05) is 61.1 Å². The van der Waals surface area contributed by atoms with Gasteiger partial charge in [0, 0.05) is 6.08 Å². The summed E-state index contributed by atoms with van der Waals surface area (Å²) in [6, 6.07) is 8.65. The average molecular weight is 308 g/mol. The van der Waals surface area contributed by atoms with Gasteiger partial charge in [0.2, 0.25) is 0 Å². The predicted octanol–water partition coefficient (Wildman–Crippen LogP) is 5.50. The van der Waals surface area contributed by atoms with Gasteiger partial charge < -0.3 is 5.11 Å². The van der Waals surface area contributed by atoms with Gasteiger partial charge in [-0.05, 0) is 54.9 Å². The fourth-order valence-electron chi connectivity index (χ4n) is 2.95. The molecule has 1 aromatic carbocycles. The lowest BCUT2D eigenvalue weighted by Crippen LogP contribution is -2.05. The van der Waals surface area contributed by atoms with Crippen LogP contribution >= 0.6 is 0 Å². The van der Waals surface area contributed by atoms with Gasteiger partial charge in [0.25, 0.3) is 0 Å². The molecule has 1 N–H and O–H groups in total. The zero-order valence-electron chi connectivity index (χ0n) is 14.0. The molecule has 0 heterocycles. The number of carboxylic acid groups (broad SMARTS) is 1. The number of carbonyl (C=O) groups is 1. The highest BCUT2D eigenvalue weighted by molar-refractivity contribution is 5.81. The number of aliphatic carboxylic acids is 1. The molecule has 0 saturated heterocycles.